The molecule has 2 rings (SSSR count). The van der Waals surface area contributed by atoms with E-state index < -0.39 is 0 Å². The molecule has 0 aliphatic heterocycles. The van der Waals surface area contributed by atoms with Crippen molar-refractivity contribution in [3.63, 3.8) is 0 Å². The summed E-state index contributed by atoms with van der Waals surface area (Å²) in [6, 6.07) is 19.4. The molecule has 0 amide bonds. The van der Waals surface area contributed by atoms with Gasteiger partial charge in [-0.3, -0.25) is 0 Å². The zero-order valence-electron chi connectivity index (χ0n) is 7.90. The molecule has 69 valence electrons. The van der Waals surface area contributed by atoms with Crippen molar-refractivity contribution in [1.29, 1.82) is 0 Å². The van der Waals surface area contributed by atoms with Crippen molar-refractivity contribution >= 4 is 0 Å². The van der Waals surface area contributed by atoms with Crippen molar-refractivity contribution in [2.45, 2.75) is 6.54 Å². The van der Waals surface area contributed by atoms with Crippen LogP contribution in [0.15, 0.2) is 48.5 Å². The Hall–Kier alpha value is -1.60. The van der Waals surface area contributed by atoms with Gasteiger partial charge in [0.1, 0.15) is 0 Å². The third-order valence-electron chi connectivity index (χ3n) is 2.18. The van der Waals surface area contributed by atoms with Gasteiger partial charge in [-0.15, -0.1) is 0 Å². The second kappa shape index (κ2) is 4.07. The maximum atomic E-state index is 5.59. The van der Waals surface area contributed by atoms with E-state index in [2.05, 4.69) is 24.3 Å². The third-order valence-corrected chi connectivity index (χ3v) is 2.18. The summed E-state index contributed by atoms with van der Waals surface area (Å²) in [6.07, 6.45) is 0. The molecule has 0 unspecified atom stereocenters. The van der Waals surface area contributed by atoms with Gasteiger partial charge in [-0.1, -0.05) is 42.5 Å². The average Bonchev–Trinajstić information content (AvgIpc) is 2.30. The fourth-order valence-corrected chi connectivity index (χ4v) is 1.44. The summed E-state index contributed by atoms with van der Waals surface area (Å²) in [5.74, 6) is 0. The van der Waals surface area contributed by atoms with Crippen LogP contribution in [0.4, 0.5) is 0 Å². The second-order valence-corrected chi connectivity index (χ2v) is 3.18. The molecule has 0 bridgehead atoms. The van der Waals surface area contributed by atoms with E-state index in [1.165, 1.54) is 5.56 Å². The van der Waals surface area contributed by atoms with E-state index >= 15 is 0 Å². The largest absolute Gasteiger partial charge is 0.326 e. The minimum Gasteiger partial charge on any atom is -0.326 e. The van der Waals surface area contributed by atoms with Gasteiger partial charge in [0, 0.05) is 6.54 Å². The van der Waals surface area contributed by atoms with Gasteiger partial charge in [-0.2, -0.15) is 0 Å². The lowest BCUT2D eigenvalue weighted by molar-refractivity contribution is 1.07. The maximum Gasteiger partial charge on any atom is 0.0178 e. The molecular formula is C13H12N. The number of hydrogen-bond donors (Lipinski definition) is 1. The lowest BCUT2D eigenvalue weighted by Gasteiger charge is -2.02. The van der Waals surface area contributed by atoms with E-state index in [4.69, 9.17) is 5.73 Å². The molecule has 0 saturated carbocycles. The Morgan fingerprint density at radius 3 is 2.71 bits per heavy atom. The van der Waals surface area contributed by atoms with Crippen molar-refractivity contribution in [3.8, 4) is 11.1 Å². The van der Waals surface area contributed by atoms with Crippen LogP contribution in [0.2, 0.25) is 0 Å². The molecule has 14 heavy (non-hydrogen) atoms. The van der Waals surface area contributed by atoms with Crippen LogP contribution in [0, 0.1) is 6.07 Å². The fourth-order valence-electron chi connectivity index (χ4n) is 1.44. The Morgan fingerprint density at radius 2 is 2.00 bits per heavy atom. The predicted molar refractivity (Wildman–Crippen MR) is 58.6 cm³/mol. The minimum absolute atomic E-state index is 0.584. The Bertz CT molecular complexity index is 407. The van der Waals surface area contributed by atoms with Crippen LogP contribution >= 0.6 is 0 Å². The minimum atomic E-state index is 0.584. The van der Waals surface area contributed by atoms with E-state index in [0.29, 0.717) is 6.54 Å². The van der Waals surface area contributed by atoms with Crippen molar-refractivity contribution in [2.24, 2.45) is 5.73 Å². The van der Waals surface area contributed by atoms with Gasteiger partial charge in [0.25, 0.3) is 0 Å². The van der Waals surface area contributed by atoms with Crippen LogP contribution < -0.4 is 5.73 Å². The Morgan fingerprint density at radius 1 is 1.07 bits per heavy atom. The molecule has 1 heteroatoms. The number of rotatable bonds is 2. The Labute approximate surface area is 84.2 Å². The quantitative estimate of drug-likeness (QED) is 0.759. The average molecular weight is 182 g/mol. The number of nitrogens with two attached hydrogens (primary N) is 1. The Kier molecular flexibility index (Phi) is 2.61. The van der Waals surface area contributed by atoms with Gasteiger partial charge in [0.2, 0.25) is 0 Å². The highest BCUT2D eigenvalue weighted by atomic mass is 14.5. The van der Waals surface area contributed by atoms with Gasteiger partial charge in [-0.05, 0) is 28.8 Å². The van der Waals surface area contributed by atoms with Crippen LogP contribution in [0.5, 0.6) is 0 Å². The van der Waals surface area contributed by atoms with Gasteiger partial charge in [-0.25, -0.2) is 0 Å². The first-order valence-electron chi connectivity index (χ1n) is 4.66. The van der Waals surface area contributed by atoms with Crippen molar-refractivity contribution in [2.75, 3.05) is 0 Å². The first-order chi connectivity index (χ1) is 6.90. The van der Waals surface area contributed by atoms with Gasteiger partial charge in [0.15, 0.2) is 0 Å². The van der Waals surface area contributed by atoms with Gasteiger partial charge in [0.05, 0.1) is 0 Å². The topological polar surface area (TPSA) is 26.0 Å². The Balaban J connectivity index is 2.42. The molecule has 0 spiro atoms. The van der Waals surface area contributed by atoms with E-state index in [1.807, 2.05) is 30.3 Å². The zero-order chi connectivity index (χ0) is 9.80. The van der Waals surface area contributed by atoms with E-state index in [-0.39, 0.29) is 0 Å². The lowest BCUT2D eigenvalue weighted by Crippen LogP contribution is -1.95. The molecule has 0 atom stereocenters. The van der Waals surface area contributed by atoms with E-state index in [1.54, 1.807) is 0 Å². The first kappa shape index (κ1) is 8.97. The van der Waals surface area contributed by atoms with Crippen molar-refractivity contribution < 1.29 is 0 Å². The molecule has 0 heterocycles. The molecule has 0 fully saturated rings. The molecule has 2 aromatic carbocycles. The second-order valence-electron chi connectivity index (χ2n) is 3.18. The van der Waals surface area contributed by atoms with Crippen LogP contribution in [0.1, 0.15) is 5.56 Å². The summed E-state index contributed by atoms with van der Waals surface area (Å²) >= 11 is 0. The molecule has 0 aromatic heterocycles. The molecule has 0 aliphatic rings. The summed E-state index contributed by atoms with van der Waals surface area (Å²) in [5, 5.41) is 0. The monoisotopic (exact) mass is 182 g/mol. The zero-order valence-corrected chi connectivity index (χ0v) is 7.90. The number of benzene rings is 2. The van der Waals surface area contributed by atoms with Crippen LogP contribution in [-0.2, 0) is 6.54 Å². The third kappa shape index (κ3) is 1.83. The van der Waals surface area contributed by atoms with Crippen LogP contribution in [-0.4, -0.2) is 0 Å². The fraction of sp³-hybridized carbons (Fsp3) is 0.0769. The highest BCUT2D eigenvalue weighted by molar-refractivity contribution is 5.63. The van der Waals surface area contributed by atoms with Crippen LogP contribution in [0.3, 0.4) is 0 Å². The highest BCUT2D eigenvalue weighted by Gasteiger charge is 1.96. The van der Waals surface area contributed by atoms with Gasteiger partial charge < -0.3 is 5.73 Å². The molecular weight excluding hydrogens is 170 g/mol. The molecule has 1 radical (unpaired) electrons. The van der Waals surface area contributed by atoms with Crippen molar-refractivity contribution in [3.05, 3.63) is 60.2 Å². The van der Waals surface area contributed by atoms with Crippen LogP contribution in [0.25, 0.3) is 11.1 Å². The first-order valence-corrected chi connectivity index (χ1v) is 4.66. The highest BCUT2D eigenvalue weighted by Crippen LogP contribution is 2.18. The summed E-state index contributed by atoms with van der Waals surface area (Å²) in [4.78, 5) is 0. The molecule has 2 aromatic rings. The lowest BCUT2D eigenvalue weighted by atomic mass is 10.0. The summed E-state index contributed by atoms with van der Waals surface area (Å²) in [7, 11) is 0. The maximum absolute atomic E-state index is 5.59. The summed E-state index contributed by atoms with van der Waals surface area (Å²) in [5.41, 5.74) is 9.03. The normalized spacial score (nSPS) is 10.1. The van der Waals surface area contributed by atoms with E-state index in [9.17, 15) is 0 Å². The molecule has 0 aliphatic carbocycles. The molecule has 0 saturated heterocycles. The molecule has 1 nitrogen and oxygen atoms in total. The standard InChI is InChI=1S/C13H12N/c14-10-11-5-4-8-13(9-11)12-6-2-1-3-7-12/h1-6,8-9H,10,14H2. The summed E-state index contributed by atoms with van der Waals surface area (Å²) < 4.78 is 0. The summed E-state index contributed by atoms with van der Waals surface area (Å²) in [6.45, 7) is 0.584. The SMILES string of the molecule is NCc1cccc(-c2[c]cccc2)c1. The number of hydrogen-bond acceptors (Lipinski definition) is 1. The van der Waals surface area contributed by atoms with Crippen molar-refractivity contribution in [1.82, 2.24) is 0 Å². The molecule has 2 N–H and O–H groups in total. The predicted octanol–water partition coefficient (Wildman–Crippen LogP) is 2.61. The smallest absolute Gasteiger partial charge is 0.0178 e. The van der Waals surface area contributed by atoms with Gasteiger partial charge >= 0.3 is 0 Å². The van der Waals surface area contributed by atoms with E-state index in [0.717, 1.165) is 11.1 Å².